The summed E-state index contributed by atoms with van der Waals surface area (Å²) in [5.74, 6) is -0.230. The van der Waals surface area contributed by atoms with E-state index in [2.05, 4.69) is 9.89 Å². The summed E-state index contributed by atoms with van der Waals surface area (Å²) in [5, 5.41) is 11.6. The molecule has 3 N–H and O–H groups in total. The number of alkyl halides is 2. The summed E-state index contributed by atoms with van der Waals surface area (Å²) in [5.41, 5.74) is 5.55. The van der Waals surface area contributed by atoms with Crippen LogP contribution in [0.15, 0.2) is 5.16 Å². The Morgan fingerprint density at radius 3 is 2.89 bits per heavy atom. The molecule has 1 aliphatic heterocycles. The van der Waals surface area contributed by atoms with Gasteiger partial charge in [-0.15, -0.1) is 0 Å². The number of hydrogen-bond acceptors (Lipinski definition) is 4. The fourth-order valence-corrected chi connectivity index (χ4v) is 2.08. The van der Waals surface area contributed by atoms with Gasteiger partial charge in [0.05, 0.1) is 19.1 Å². The molecule has 8 heteroatoms. The number of amidine groups is 1. The van der Waals surface area contributed by atoms with E-state index in [0.717, 1.165) is 12.8 Å². The van der Waals surface area contributed by atoms with Gasteiger partial charge >= 0.3 is 0 Å². The molecule has 0 aromatic rings. The molecule has 1 saturated heterocycles. The second-order valence-electron chi connectivity index (χ2n) is 4.34. The van der Waals surface area contributed by atoms with Gasteiger partial charge in [0.25, 0.3) is 6.43 Å². The minimum atomic E-state index is -2.53. The predicted molar refractivity (Wildman–Crippen MR) is 64.2 cm³/mol. The Morgan fingerprint density at radius 2 is 2.26 bits per heavy atom. The lowest BCUT2D eigenvalue weighted by Crippen LogP contribution is -2.50. The molecule has 0 saturated carbocycles. The summed E-state index contributed by atoms with van der Waals surface area (Å²) in [6.07, 6.45) is -0.137. The molecule has 0 aromatic carbocycles. The lowest BCUT2D eigenvalue weighted by atomic mass is 10.0. The topological polar surface area (TPSA) is 88.2 Å². The number of carbonyl (C=O) groups is 1. The first-order chi connectivity index (χ1) is 9.06. The van der Waals surface area contributed by atoms with Gasteiger partial charge < -0.3 is 20.6 Å². The fraction of sp³-hybridized carbons (Fsp3) is 0.818. The van der Waals surface area contributed by atoms with Crippen LogP contribution in [-0.4, -0.2) is 54.1 Å². The number of carbonyl (C=O) groups excluding carboxylic acids is 1. The van der Waals surface area contributed by atoms with Crippen LogP contribution in [0.3, 0.4) is 0 Å². The van der Waals surface area contributed by atoms with E-state index >= 15 is 0 Å². The van der Waals surface area contributed by atoms with Gasteiger partial charge in [-0.1, -0.05) is 5.16 Å². The quantitative estimate of drug-likeness (QED) is 0.247. The van der Waals surface area contributed by atoms with E-state index in [1.54, 1.807) is 0 Å². The average molecular weight is 279 g/mol. The van der Waals surface area contributed by atoms with Crippen molar-refractivity contribution < 1.29 is 23.5 Å². The normalized spacial score (nSPS) is 20.9. The van der Waals surface area contributed by atoms with Gasteiger partial charge in [0, 0.05) is 6.54 Å². The van der Waals surface area contributed by atoms with Crippen molar-refractivity contribution in [3.05, 3.63) is 0 Å². The number of piperidine rings is 1. The largest absolute Gasteiger partial charge is 0.409 e. The number of likely N-dealkylation sites (tertiary alicyclic amines) is 1. The van der Waals surface area contributed by atoms with Crippen molar-refractivity contribution in [3.8, 4) is 0 Å². The zero-order valence-corrected chi connectivity index (χ0v) is 10.6. The monoisotopic (exact) mass is 279 g/mol. The molecule has 1 atom stereocenters. The summed E-state index contributed by atoms with van der Waals surface area (Å²) < 4.78 is 28.4. The van der Waals surface area contributed by atoms with Gasteiger partial charge in [0.15, 0.2) is 5.84 Å². The first kappa shape index (κ1) is 15.6. The van der Waals surface area contributed by atoms with Crippen molar-refractivity contribution in [2.45, 2.75) is 38.2 Å². The second-order valence-corrected chi connectivity index (χ2v) is 4.34. The maximum atomic E-state index is 11.9. The van der Waals surface area contributed by atoms with Crippen molar-refractivity contribution in [3.63, 3.8) is 0 Å². The molecule has 19 heavy (non-hydrogen) atoms. The summed E-state index contributed by atoms with van der Waals surface area (Å²) in [7, 11) is 0. The Morgan fingerprint density at radius 1 is 1.53 bits per heavy atom. The van der Waals surface area contributed by atoms with Crippen LogP contribution in [0.25, 0.3) is 0 Å². The SMILES string of the molecule is NC(=NO)C1CCCCN1C(=O)CCOCC(F)F. The zero-order chi connectivity index (χ0) is 14.3. The third-order valence-electron chi connectivity index (χ3n) is 2.98. The maximum absolute atomic E-state index is 11.9. The Labute approximate surface area is 110 Å². The number of amides is 1. The van der Waals surface area contributed by atoms with E-state index in [1.165, 1.54) is 4.90 Å². The molecule has 0 aliphatic carbocycles. The van der Waals surface area contributed by atoms with Crippen LogP contribution in [0.4, 0.5) is 8.78 Å². The third kappa shape index (κ3) is 4.98. The summed E-state index contributed by atoms with van der Waals surface area (Å²) in [6, 6.07) is -0.415. The predicted octanol–water partition coefficient (Wildman–Crippen LogP) is 0.786. The first-order valence-electron chi connectivity index (χ1n) is 6.19. The van der Waals surface area contributed by atoms with E-state index in [-0.39, 0.29) is 24.8 Å². The van der Waals surface area contributed by atoms with E-state index < -0.39 is 19.1 Å². The van der Waals surface area contributed by atoms with Crippen molar-refractivity contribution in [1.82, 2.24) is 4.90 Å². The van der Waals surface area contributed by atoms with Crippen LogP contribution in [0, 0.1) is 0 Å². The van der Waals surface area contributed by atoms with Crippen LogP contribution in [0.2, 0.25) is 0 Å². The molecule has 1 heterocycles. The Kier molecular flexibility index (Phi) is 6.48. The summed E-state index contributed by atoms with van der Waals surface area (Å²) in [6.45, 7) is -0.200. The molecule has 1 unspecified atom stereocenters. The van der Waals surface area contributed by atoms with Crippen LogP contribution in [-0.2, 0) is 9.53 Å². The third-order valence-corrected chi connectivity index (χ3v) is 2.98. The standard InChI is InChI=1S/C11H19F2N3O3/c12-9(13)7-19-6-4-10(17)16-5-2-1-3-8(16)11(14)15-18/h8-9,18H,1-7H2,(H2,14,15). The molecule has 1 amide bonds. The Balaban J connectivity index is 2.44. The van der Waals surface area contributed by atoms with E-state index in [9.17, 15) is 13.6 Å². The highest BCUT2D eigenvalue weighted by Gasteiger charge is 2.29. The molecule has 0 radical (unpaired) electrons. The van der Waals surface area contributed by atoms with Crippen LogP contribution >= 0.6 is 0 Å². The van der Waals surface area contributed by atoms with Crippen molar-refractivity contribution in [2.24, 2.45) is 10.9 Å². The van der Waals surface area contributed by atoms with E-state index in [4.69, 9.17) is 10.9 Å². The Bertz CT molecular complexity index is 326. The summed E-state index contributed by atoms with van der Waals surface area (Å²) in [4.78, 5) is 13.5. The Hall–Kier alpha value is -1.44. The van der Waals surface area contributed by atoms with Gasteiger partial charge in [-0.3, -0.25) is 4.79 Å². The number of rotatable bonds is 6. The second kappa shape index (κ2) is 7.88. The van der Waals surface area contributed by atoms with Crippen LogP contribution in [0.1, 0.15) is 25.7 Å². The highest BCUT2D eigenvalue weighted by Crippen LogP contribution is 2.18. The van der Waals surface area contributed by atoms with Gasteiger partial charge in [-0.05, 0) is 19.3 Å². The highest BCUT2D eigenvalue weighted by atomic mass is 19.3. The lowest BCUT2D eigenvalue weighted by molar-refractivity contribution is -0.134. The number of halogens is 2. The number of oxime groups is 1. The molecule has 1 rings (SSSR count). The molecule has 0 aromatic heterocycles. The molecule has 1 fully saturated rings. The summed E-state index contributed by atoms with van der Waals surface area (Å²) >= 11 is 0. The van der Waals surface area contributed by atoms with Crippen molar-refractivity contribution in [2.75, 3.05) is 19.8 Å². The first-order valence-corrected chi connectivity index (χ1v) is 6.19. The van der Waals surface area contributed by atoms with Crippen molar-refractivity contribution in [1.29, 1.82) is 0 Å². The van der Waals surface area contributed by atoms with Gasteiger partial charge in [0.2, 0.25) is 5.91 Å². The number of ether oxygens (including phenoxy) is 1. The smallest absolute Gasteiger partial charge is 0.261 e. The molecule has 0 bridgehead atoms. The van der Waals surface area contributed by atoms with Gasteiger partial charge in [-0.25, -0.2) is 8.78 Å². The number of nitrogens with zero attached hydrogens (tertiary/aromatic N) is 2. The van der Waals surface area contributed by atoms with E-state index in [0.29, 0.717) is 13.0 Å². The minimum absolute atomic E-state index is 0.00143. The molecule has 1 aliphatic rings. The number of nitrogens with two attached hydrogens (primary N) is 1. The zero-order valence-electron chi connectivity index (χ0n) is 10.6. The molecule has 110 valence electrons. The maximum Gasteiger partial charge on any atom is 0.261 e. The minimum Gasteiger partial charge on any atom is -0.409 e. The molecular weight excluding hydrogens is 260 g/mol. The fourth-order valence-electron chi connectivity index (χ4n) is 2.08. The molecule has 0 spiro atoms. The number of hydrogen-bond donors (Lipinski definition) is 2. The van der Waals surface area contributed by atoms with Gasteiger partial charge in [0.1, 0.15) is 6.61 Å². The van der Waals surface area contributed by atoms with E-state index in [1.807, 2.05) is 0 Å². The van der Waals surface area contributed by atoms with Gasteiger partial charge in [-0.2, -0.15) is 0 Å². The van der Waals surface area contributed by atoms with Crippen molar-refractivity contribution >= 4 is 11.7 Å². The molecule has 6 nitrogen and oxygen atoms in total. The average Bonchev–Trinajstić information content (AvgIpc) is 2.42. The van der Waals surface area contributed by atoms with Crippen LogP contribution in [0.5, 0.6) is 0 Å². The molecular formula is C11H19F2N3O3. The van der Waals surface area contributed by atoms with Crippen LogP contribution < -0.4 is 5.73 Å². The lowest BCUT2D eigenvalue weighted by Gasteiger charge is -2.34. The highest BCUT2D eigenvalue weighted by molar-refractivity contribution is 5.90.